The van der Waals surface area contributed by atoms with Crippen molar-refractivity contribution in [3.05, 3.63) is 35.4 Å². The minimum atomic E-state index is -0.789. The molecular formula is C17H19NO2. The SMILES string of the molecule is CC(C)(N)C#Cc1ccccc1C#CCCCC(=O)O. The Morgan fingerprint density at radius 3 is 2.40 bits per heavy atom. The molecule has 0 unspecified atom stereocenters. The summed E-state index contributed by atoms with van der Waals surface area (Å²) in [5.41, 5.74) is 6.99. The lowest BCUT2D eigenvalue weighted by atomic mass is 10.0. The van der Waals surface area contributed by atoms with Crippen molar-refractivity contribution in [1.82, 2.24) is 0 Å². The van der Waals surface area contributed by atoms with Crippen LogP contribution < -0.4 is 5.73 Å². The Kier molecular flexibility index (Phi) is 5.84. The molecule has 0 aliphatic carbocycles. The Morgan fingerprint density at radius 2 is 1.85 bits per heavy atom. The van der Waals surface area contributed by atoms with Crippen LogP contribution in [0.5, 0.6) is 0 Å². The zero-order chi connectivity index (χ0) is 15.0. The first-order chi connectivity index (χ1) is 9.38. The fourth-order valence-corrected chi connectivity index (χ4v) is 1.42. The molecule has 0 bridgehead atoms. The van der Waals surface area contributed by atoms with Gasteiger partial charge in [0.05, 0.1) is 5.54 Å². The smallest absolute Gasteiger partial charge is 0.303 e. The van der Waals surface area contributed by atoms with Crippen molar-refractivity contribution >= 4 is 5.97 Å². The first-order valence-corrected chi connectivity index (χ1v) is 6.50. The first-order valence-electron chi connectivity index (χ1n) is 6.50. The number of aliphatic carboxylic acids is 1. The fourth-order valence-electron chi connectivity index (χ4n) is 1.42. The lowest BCUT2D eigenvalue weighted by Crippen LogP contribution is -2.29. The maximum absolute atomic E-state index is 10.4. The number of hydrogen-bond acceptors (Lipinski definition) is 2. The third-order valence-corrected chi connectivity index (χ3v) is 2.36. The minimum absolute atomic E-state index is 0.150. The van der Waals surface area contributed by atoms with E-state index >= 15 is 0 Å². The van der Waals surface area contributed by atoms with Crippen molar-refractivity contribution in [2.45, 2.75) is 38.6 Å². The van der Waals surface area contributed by atoms with E-state index in [2.05, 4.69) is 23.7 Å². The Bertz CT molecular complexity index is 589. The van der Waals surface area contributed by atoms with Crippen molar-refractivity contribution in [2.75, 3.05) is 0 Å². The zero-order valence-electron chi connectivity index (χ0n) is 11.9. The number of carboxylic acid groups (broad SMARTS) is 1. The van der Waals surface area contributed by atoms with E-state index in [-0.39, 0.29) is 6.42 Å². The zero-order valence-corrected chi connectivity index (χ0v) is 11.9. The standard InChI is InChI=1S/C17H19NO2/c1-17(2,18)13-12-15-10-7-6-9-14(15)8-4-3-5-11-16(19)20/h6-7,9-10H,3,5,11,18H2,1-2H3,(H,19,20). The number of unbranched alkanes of at least 4 members (excludes halogenated alkanes) is 1. The molecule has 20 heavy (non-hydrogen) atoms. The second-order valence-corrected chi connectivity index (χ2v) is 5.07. The van der Waals surface area contributed by atoms with E-state index in [1.54, 1.807) is 0 Å². The largest absolute Gasteiger partial charge is 0.481 e. The van der Waals surface area contributed by atoms with Gasteiger partial charge in [0.25, 0.3) is 0 Å². The summed E-state index contributed by atoms with van der Waals surface area (Å²) < 4.78 is 0. The van der Waals surface area contributed by atoms with Crippen LogP contribution in [0.2, 0.25) is 0 Å². The molecule has 0 saturated carbocycles. The molecule has 0 aliphatic rings. The molecule has 3 nitrogen and oxygen atoms in total. The molecule has 0 amide bonds. The average Bonchev–Trinajstić information content (AvgIpc) is 2.36. The number of nitrogens with two attached hydrogens (primary N) is 1. The topological polar surface area (TPSA) is 63.3 Å². The predicted molar refractivity (Wildman–Crippen MR) is 80.0 cm³/mol. The van der Waals surface area contributed by atoms with Crippen molar-refractivity contribution in [1.29, 1.82) is 0 Å². The van der Waals surface area contributed by atoms with Gasteiger partial charge in [-0.3, -0.25) is 4.79 Å². The molecule has 0 spiro atoms. The lowest BCUT2D eigenvalue weighted by molar-refractivity contribution is -0.137. The Labute approximate surface area is 120 Å². The van der Waals surface area contributed by atoms with Crippen molar-refractivity contribution in [3.8, 4) is 23.7 Å². The third-order valence-electron chi connectivity index (χ3n) is 2.36. The fraction of sp³-hybridized carbons (Fsp3) is 0.353. The lowest BCUT2D eigenvalue weighted by Gasteiger charge is -2.07. The van der Waals surface area contributed by atoms with E-state index in [1.165, 1.54) is 0 Å². The van der Waals surface area contributed by atoms with E-state index in [0.717, 1.165) is 11.1 Å². The van der Waals surface area contributed by atoms with E-state index in [1.807, 2.05) is 38.1 Å². The molecule has 0 aromatic heterocycles. The highest BCUT2D eigenvalue weighted by Gasteiger charge is 2.04. The Balaban J connectivity index is 2.78. The highest BCUT2D eigenvalue weighted by Crippen LogP contribution is 2.07. The van der Waals surface area contributed by atoms with Gasteiger partial charge < -0.3 is 10.8 Å². The van der Waals surface area contributed by atoms with Gasteiger partial charge in [-0.2, -0.15) is 0 Å². The monoisotopic (exact) mass is 269 g/mol. The van der Waals surface area contributed by atoms with Gasteiger partial charge in [0.1, 0.15) is 0 Å². The van der Waals surface area contributed by atoms with Crippen LogP contribution in [0, 0.1) is 23.7 Å². The summed E-state index contributed by atoms with van der Waals surface area (Å²) in [5, 5.41) is 8.54. The summed E-state index contributed by atoms with van der Waals surface area (Å²) in [5.74, 6) is 11.2. The van der Waals surface area contributed by atoms with Gasteiger partial charge in [-0.05, 0) is 32.4 Å². The van der Waals surface area contributed by atoms with E-state index in [9.17, 15) is 4.79 Å². The Morgan fingerprint density at radius 1 is 1.25 bits per heavy atom. The van der Waals surface area contributed by atoms with E-state index in [4.69, 9.17) is 10.8 Å². The van der Waals surface area contributed by atoms with Gasteiger partial charge in [-0.25, -0.2) is 0 Å². The number of hydrogen-bond donors (Lipinski definition) is 2. The van der Waals surface area contributed by atoms with Crippen LogP contribution in [0.15, 0.2) is 24.3 Å². The minimum Gasteiger partial charge on any atom is -0.481 e. The summed E-state index contributed by atoms with van der Waals surface area (Å²) in [6.45, 7) is 3.69. The quantitative estimate of drug-likeness (QED) is 0.654. The average molecular weight is 269 g/mol. The van der Waals surface area contributed by atoms with Crippen LogP contribution >= 0.6 is 0 Å². The van der Waals surface area contributed by atoms with Gasteiger partial charge in [-0.15, -0.1) is 0 Å². The predicted octanol–water partition coefficient (Wildman–Crippen LogP) is 2.38. The highest BCUT2D eigenvalue weighted by atomic mass is 16.4. The number of rotatable bonds is 3. The molecule has 0 aliphatic heterocycles. The number of carbonyl (C=O) groups is 1. The molecule has 3 heteroatoms. The molecule has 104 valence electrons. The maximum atomic E-state index is 10.4. The second-order valence-electron chi connectivity index (χ2n) is 5.07. The first kappa shape index (κ1) is 15.8. The molecular weight excluding hydrogens is 250 g/mol. The molecule has 0 fully saturated rings. The van der Waals surface area contributed by atoms with Crippen LogP contribution in [0.25, 0.3) is 0 Å². The molecule has 0 saturated heterocycles. The van der Waals surface area contributed by atoms with Crippen LogP contribution in [0.4, 0.5) is 0 Å². The molecule has 3 N–H and O–H groups in total. The summed E-state index contributed by atoms with van der Waals surface area (Å²) in [7, 11) is 0. The highest BCUT2D eigenvalue weighted by molar-refractivity contribution is 5.66. The number of carboxylic acids is 1. The van der Waals surface area contributed by atoms with Crippen LogP contribution in [0.3, 0.4) is 0 Å². The van der Waals surface area contributed by atoms with Crippen LogP contribution in [0.1, 0.15) is 44.2 Å². The summed E-state index contributed by atoms with van der Waals surface area (Å²) >= 11 is 0. The van der Waals surface area contributed by atoms with Crippen molar-refractivity contribution < 1.29 is 9.90 Å². The molecule has 0 radical (unpaired) electrons. The Hall–Kier alpha value is -2.23. The van der Waals surface area contributed by atoms with Crippen LogP contribution in [-0.4, -0.2) is 16.6 Å². The van der Waals surface area contributed by atoms with Crippen LogP contribution in [-0.2, 0) is 4.79 Å². The van der Waals surface area contributed by atoms with Gasteiger partial charge >= 0.3 is 5.97 Å². The van der Waals surface area contributed by atoms with Gasteiger partial charge in [0.15, 0.2) is 0 Å². The summed E-state index contributed by atoms with van der Waals surface area (Å²) in [6, 6.07) is 7.61. The summed E-state index contributed by atoms with van der Waals surface area (Å²) in [6.07, 6.45) is 1.28. The molecule has 1 rings (SSSR count). The van der Waals surface area contributed by atoms with Gasteiger partial charge in [-0.1, -0.05) is 35.8 Å². The van der Waals surface area contributed by atoms with E-state index < -0.39 is 11.5 Å². The van der Waals surface area contributed by atoms with Gasteiger partial charge in [0.2, 0.25) is 0 Å². The van der Waals surface area contributed by atoms with Crippen molar-refractivity contribution in [3.63, 3.8) is 0 Å². The van der Waals surface area contributed by atoms with Gasteiger partial charge in [0, 0.05) is 24.0 Å². The van der Waals surface area contributed by atoms with E-state index in [0.29, 0.717) is 12.8 Å². The third kappa shape index (κ3) is 6.64. The molecule has 1 aromatic rings. The molecule has 1 aromatic carbocycles. The normalized spacial score (nSPS) is 9.95. The number of benzene rings is 1. The molecule has 0 heterocycles. The summed E-state index contributed by atoms with van der Waals surface area (Å²) in [4.78, 5) is 10.4. The maximum Gasteiger partial charge on any atom is 0.303 e. The molecule has 0 atom stereocenters. The van der Waals surface area contributed by atoms with Crippen molar-refractivity contribution in [2.24, 2.45) is 5.73 Å². The second kappa shape index (κ2) is 7.38.